The Hall–Kier alpha value is -2.04. The minimum absolute atomic E-state index is 0.00836. The number of anilines is 1. The highest BCUT2D eigenvalue weighted by Crippen LogP contribution is 2.10. The molecule has 1 aliphatic rings. The number of carbonyl (C=O) groups excluding carboxylic acids is 2. The summed E-state index contributed by atoms with van der Waals surface area (Å²) in [5, 5.41) is 2.95. The first-order valence-corrected chi connectivity index (χ1v) is 7.46. The largest absolute Gasteiger partial charge is 0.399 e. The molecule has 5 heteroatoms. The highest BCUT2D eigenvalue weighted by molar-refractivity contribution is 5.78. The number of benzene rings is 1. The minimum Gasteiger partial charge on any atom is -0.399 e. The molecule has 0 radical (unpaired) electrons. The summed E-state index contributed by atoms with van der Waals surface area (Å²) in [7, 11) is 0. The molecular formula is C16H23N3O2. The average molecular weight is 289 g/mol. The number of hydrogen-bond acceptors (Lipinski definition) is 3. The third-order valence-electron chi connectivity index (χ3n) is 3.69. The summed E-state index contributed by atoms with van der Waals surface area (Å²) in [4.78, 5) is 25.3. The van der Waals surface area contributed by atoms with Crippen molar-refractivity contribution in [1.29, 1.82) is 0 Å². The Labute approximate surface area is 125 Å². The topological polar surface area (TPSA) is 75.4 Å². The Morgan fingerprint density at radius 1 is 1.38 bits per heavy atom. The molecule has 0 aliphatic carbocycles. The number of amides is 2. The summed E-state index contributed by atoms with van der Waals surface area (Å²) in [6, 6.07) is 7.55. The predicted octanol–water partition coefficient (Wildman–Crippen LogP) is 1.33. The molecular weight excluding hydrogens is 266 g/mol. The van der Waals surface area contributed by atoms with Gasteiger partial charge in [-0.3, -0.25) is 9.59 Å². The van der Waals surface area contributed by atoms with Crippen LogP contribution in [-0.2, 0) is 16.0 Å². The normalized spacial score (nSPS) is 16.0. The second-order valence-corrected chi connectivity index (χ2v) is 5.65. The van der Waals surface area contributed by atoms with Crippen LogP contribution in [0, 0.1) is 0 Å². The van der Waals surface area contributed by atoms with Gasteiger partial charge in [-0.25, -0.2) is 0 Å². The maximum absolute atomic E-state index is 11.9. The summed E-state index contributed by atoms with van der Waals surface area (Å²) in [6.07, 6.45) is 2.71. The fourth-order valence-electron chi connectivity index (χ4n) is 2.56. The fraction of sp³-hybridized carbons (Fsp3) is 0.500. The van der Waals surface area contributed by atoms with Crippen LogP contribution in [0.5, 0.6) is 0 Å². The summed E-state index contributed by atoms with van der Waals surface area (Å²) in [5.41, 5.74) is 7.45. The van der Waals surface area contributed by atoms with E-state index in [9.17, 15) is 9.59 Å². The van der Waals surface area contributed by atoms with Crippen LogP contribution in [-0.4, -0.2) is 35.8 Å². The van der Waals surface area contributed by atoms with Gasteiger partial charge in [0.05, 0.1) is 0 Å². The van der Waals surface area contributed by atoms with E-state index in [2.05, 4.69) is 5.32 Å². The molecule has 0 aromatic heterocycles. The van der Waals surface area contributed by atoms with Crippen LogP contribution < -0.4 is 11.1 Å². The number of hydrogen-bond donors (Lipinski definition) is 2. The number of aryl methyl sites for hydroxylation is 1. The molecule has 5 nitrogen and oxygen atoms in total. The van der Waals surface area contributed by atoms with Gasteiger partial charge in [-0.15, -0.1) is 0 Å². The van der Waals surface area contributed by atoms with Crippen molar-refractivity contribution < 1.29 is 9.59 Å². The molecule has 3 N–H and O–H groups in total. The highest BCUT2D eigenvalue weighted by atomic mass is 16.2. The van der Waals surface area contributed by atoms with E-state index >= 15 is 0 Å². The summed E-state index contributed by atoms with van der Waals surface area (Å²) >= 11 is 0. The molecule has 1 aromatic carbocycles. The van der Waals surface area contributed by atoms with Crippen molar-refractivity contribution in [3.05, 3.63) is 29.8 Å². The third-order valence-corrected chi connectivity index (χ3v) is 3.69. The van der Waals surface area contributed by atoms with Crippen LogP contribution in [0.1, 0.15) is 31.7 Å². The van der Waals surface area contributed by atoms with Gasteiger partial charge in [0.15, 0.2) is 0 Å². The molecule has 114 valence electrons. The first-order chi connectivity index (χ1) is 10.0. The first kappa shape index (κ1) is 15.4. The lowest BCUT2D eigenvalue weighted by Gasteiger charge is -2.21. The SMILES string of the molecule is CC(CN1CCCC1=O)NC(=O)CCc1ccc(N)cc1. The second-order valence-electron chi connectivity index (χ2n) is 5.65. The maximum Gasteiger partial charge on any atom is 0.222 e. The zero-order valence-electron chi connectivity index (χ0n) is 12.5. The number of nitrogens with zero attached hydrogens (tertiary/aromatic N) is 1. The van der Waals surface area contributed by atoms with Crippen molar-refractivity contribution in [3.8, 4) is 0 Å². The standard InChI is InChI=1S/C16H23N3O2/c1-12(11-19-10-2-3-16(19)21)18-15(20)9-6-13-4-7-14(17)8-5-13/h4-5,7-8,12H,2-3,6,9-11,17H2,1H3,(H,18,20). The van der Waals surface area contributed by atoms with E-state index in [-0.39, 0.29) is 17.9 Å². The molecule has 1 heterocycles. The Morgan fingerprint density at radius 2 is 2.10 bits per heavy atom. The first-order valence-electron chi connectivity index (χ1n) is 7.46. The zero-order valence-corrected chi connectivity index (χ0v) is 12.5. The lowest BCUT2D eigenvalue weighted by atomic mass is 10.1. The van der Waals surface area contributed by atoms with Gasteiger partial charge < -0.3 is 16.0 Å². The summed E-state index contributed by atoms with van der Waals surface area (Å²) < 4.78 is 0. The van der Waals surface area contributed by atoms with Gasteiger partial charge in [0.1, 0.15) is 0 Å². The number of nitrogens with one attached hydrogen (secondary N) is 1. The van der Waals surface area contributed by atoms with Gasteiger partial charge in [0.2, 0.25) is 11.8 Å². The van der Waals surface area contributed by atoms with E-state index < -0.39 is 0 Å². The Kier molecular flexibility index (Phi) is 5.20. The zero-order chi connectivity index (χ0) is 15.2. The number of carbonyl (C=O) groups is 2. The van der Waals surface area contributed by atoms with Gasteiger partial charge in [-0.2, -0.15) is 0 Å². The van der Waals surface area contributed by atoms with Gasteiger partial charge in [0.25, 0.3) is 0 Å². The van der Waals surface area contributed by atoms with E-state index in [4.69, 9.17) is 5.73 Å². The Bertz CT molecular complexity index is 499. The number of nitrogens with two attached hydrogens (primary N) is 1. The quantitative estimate of drug-likeness (QED) is 0.776. The summed E-state index contributed by atoms with van der Waals surface area (Å²) in [5.74, 6) is 0.212. The molecule has 2 amide bonds. The lowest BCUT2D eigenvalue weighted by Crippen LogP contribution is -2.42. The van der Waals surface area contributed by atoms with Gasteiger partial charge in [-0.05, 0) is 37.5 Å². The van der Waals surface area contributed by atoms with Gasteiger partial charge in [0, 0.05) is 37.7 Å². The summed E-state index contributed by atoms with van der Waals surface area (Å²) in [6.45, 7) is 3.35. The lowest BCUT2D eigenvalue weighted by molar-refractivity contribution is -0.129. The molecule has 21 heavy (non-hydrogen) atoms. The third kappa shape index (κ3) is 4.77. The molecule has 2 rings (SSSR count). The van der Waals surface area contributed by atoms with Crippen molar-refractivity contribution in [2.75, 3.05) is 18.8 Å². The molecule has 0 saturated carbocycles. The molecule has 0 bridgehead atoms. The number of likely N-dealkylation sites (tertiary alicyclic amines) is 1. The van der Waals surface area contributed by atoms with Crippen molar-refractivity contribution >= 4 is 17.5 Å². The van der Waals surface area contributed by atoms with E-state index in [1.165, 1.54) is 0 Å². The van der Waals surface area contributed by atoms with Gasteiger partial charge in [-0.1, -0.05) is 12.1 Å². The van der Waals surface area contributed by atoms with E-state index in [1.807, 2.05) is 36.1 Å². The molecule has 1 saturated heterocycles. The fourth-order valence-corrected chi connectivity index (χ4v) is 2.56. The van der Waals surface area contributed by atoms with Crippen molar-refractivity contribution in [2.45, 2.75) is 38.6 Å². The second kappa shape index (κ2) is 7.11. The molecule has 1 fully saturated rings. The maximum atomic E-state index is 11.9. The predicted molar refractivity (Wildman–Crippen MR) is 82.6 cm³/mol. The van der Waals surface area contributed by atoms with Crippen molar-refractivity contribution in [3.63, 3.8) is 0 Å². The van der Waals surface area contributed by atoms with Crippen molar-refractivity contribution in [1.82, 2.24) is 10.2 Å². The van der Waals surface area contributed by atoms with Crippen LogP contribution >= 0.6 is 0 Å². The average Bonchev–Trinajstić information content (AvgIpc) is 2.83. The van der Waals surface area contributed by atoms with Crippen molar-refractivity contribution in [2.24, 2.45) is 0 Å². The Balaban J connectivity index is 1.71. The van der Waals surface area contributed by atoms with Crippen LogP contribution in [0.15, 0.2) is 24.3 Å². The van der Waals surface area contributed by atoms with E-state index in [0.29, 0.717) is 25.8 Å². The molecule has 1 aliphatic heterocycles. The molecule has 1 atom stereocenters. The smallest absolute Gasteiger partial charge is 0.222 e. The minimum atomic E-state index is -0.00836. The van der Waals surface area contributed by atoms with E-state index in [1.54, 1.807) is 0 Å². The number of nitrogen functional groups attached to an aromatic ring is 1. The van der Waals surface area contributed by atoms with Crippen LogP contribution in [0.2, 0.25) is 0 Å². The van der Waals surface area contributed by atoms with Crippen LogP contribution in [0.25, 0.3) is 0 Å². The van der Waals surface area contributed by atoms with Crippen LogP contribution in [0.3, 0.4) is 0 Å². The molecule has 1 unspecified atom stereocenters. The highest BCUT2D eigenvalue weighted by Gasteiger charge is 2.22. The van der Waals surface area contributed by atoms with E-state index in [0.717, 1.165) is 24.2 Å². The monoisotopic (exact) mass is 289 g/mol. The number of rotatable bonds is 6. The molecule has 1 aromatic rings. The van der Waals surface area contributed by atoms with Gasteiger partial charge >= 0.3 is 0 Å². The molecule has 0 spiro atoms. The Morgan fingerprint density at radius 3 is 2.71 bits per heavy atom. The van der Waals surface area contributed by atoms with Crippen LogP contribution in [0.4, 0.5) is 5.69 Å².